The van der Waals surface area contributed by atoms with Crippen LogP contribution in [-0.2, 0) is 17.1 Å². The summed E-state index contributed by atoms with van der Waals surface area (Å²) in [6.07, 6.45) is 0.116. The van der Waals surface area contributed by atoms with Crippen molar-refractivity contribution in [3.8, 4) is 5.88 Å². The average Bonchev–Trinajstić information content (AvgIpc) is 2.91. The molecule has 120 valence electrons. The fourth-order valence-electron chi connectivity index (χ4n) is 1.66. The van der Waals surface area contributed by atoms with E-state index in [0.717, 1.165) is 4.31 Å². The third-order valence-electron chi connectivity index (χ3n) is 2.74. The second-order valence-electron chi connectivity index (χ2n) is 4.33. The average molecular weight is 332 g/mol. The van der Waals surface area contributed by atoms with Crippen molar-refractivity contribution >= 4 is 15.8 Å². The predicted octanol–water partition coefficient (Wildman–Crippen LogP) is 1.28. The number of hydrogen-bond donors (Lipinski definition) is 0. The van der Waals surface area contributed by atoms with E-state index in [1.54, 1.807) is 13.2 Å². The summed E-state index contributed by atoms with van der Waals surface area (Å²) < 4.78 is 56.8. The molecule has 0 unspecified atom stereocenters. The third-order valence-corrected chi connectivity index (χ3v) is 4.52. The van der Waals surface area contributed by atoms with Gasteiger partial charge in [-0.25, -0.2) is 22.2 Å². The molecule has 0 saturated carbocycles. The molecule has 0 N–H and O–H groups in total. The molecule has 0 radical (unpaired) electrons. The van der Waals surface area contributed by atoms with Crippen LogP contribution in [0, 0.1) is 0 Å². The van der Waals surface area contributed by atoms with Gasteiger partial charge in [0.05, 0.1) is 0 Å². The number of hydrogen-bond acceptors (Lipinski definition) is 5. The van der Waals surface area contributed by atoms with Crippen molar-refractivity contribution in [1.82, 2.24) is 14.8 Å². The van der Waals surface area contributed by atoms with Crippen LogP contribution >= 0.6 is 0 Å². The van der Waals surface area contributed by atoms with Gasteiger partial charge < -0.3 is 4.74 Å². The van der Waals surface area contributed by atoms with E-state index >= 15 is 0 Å². The standard InChI is InChI=1S/C12H14F2N4O3S/c1-17-7-5-11(16-17)18(2)22(19,20)9-4-3-6-15-12(9)21-8-10(13)14/h3-7,10H,8H2,1-2H3. The molecule has 7 nitrogen and oxygen atoms in total. The molecule has 0 atom stereocenters. The molecule has 10 heteroatoms. The van der Waals surface area contributed by atoms with Crippen molar-refractivity contribution in [3.05, 3.63) is 30.6 Å². The SMILES string of the molecule is CN(c1ccn(C)n1)S(=O)(=O)c1cccnc1OCC(F)F. The highest BCUT2D eigenvalue weighted by Gasteiger charge is 2.27. The number of alkyl halides is 2. The molecule has 0 saturated heterocycles. The van der Waals surface area contributed by atoms with Gasteiger partial charge in [0, 0.05) is 32.6 Å². The number of rotatable bonds is 6. The van der Waals surface area contributed by atoms with Gasteiger partial charge in [0.15, 0.2) is 12.4 Å². The van der Waals surface area contributed by atoms with Crippen molar-refractivity contribution < 1.29 is 21.9 Å². The van der Waals surface area contributed by atoms with Crippen LogP contribution < -0.4 is 9.04 Å². The van der Waals surface area contributed by atoms with Gasteiger partial charge in [-0.2, -0.15) is 5.10 Å². The Morgan fingerprint density at radius 3 is 2.73 bits per heavy atom. The first kappa shape index (κ1) is 16.1. The normalized spacial score (nSPS) is 11.7. The van der Waals surface area contributed by atoms with Crippen LogP contribution in [0.1, 0.15) is 0 Å². The van der Waals surface area contributed by atoms with Crippen molar-refractivity contribution in [2.24, 2.45) is 7.05 Å². The second-order valence-corrected chi connectivity index (χ2v) is 6.27. The first-order valence-corrected chi connectivity index (χ1v) is 7.61. The molecule has 0 aliphatic rings. The molecule has 0 aliphatic heterocycles. The van der Waals surface area contributed by atoms with Crippen LogP contribution in [-0.4, -0.2) is 43.3 Å². The van der Waals surface area contributed by atoms with Gasteiger partial charge in [-0.05, 0) is 12.1 Å². The smallest absolute Gasteiger partial charge is 0.272 e. The molecule has 22 heavy (non-hydrogen) atoms. The van der Waals surface area contributed by atoms with E-state index in [1.807, 2.05) is 0 Å². The minimum Gasteiger partial charge on any atom is -0.471 e. The van der Waals surface area contributed by atoms with Gasteiger partial charge >= 0.3 is 0 Å². The van der Waals surface area contributed by atoms with Gasteiger partial charge in [-0.1, -0.05) is 0 Å². The molecular weight excluding hydrogens is 318 g/mol. The van der Waals surface area contributed by atoms with E-state index in [2.05, 4.69) is 10.1 Å². The Bertz CT molecular complexity index is 748. The van der Waals surface area contributed by atoms with Gasteiger partial charge in [0.1, 0.15) is 4.90 Å². The number of sulfonamides is 1. The first-order valence-electron chi connectivity index (χ1n) is 6.17. The Labute approximate surface area is 126 Å². The minimum absolute atomic E-state index is 0.186. The Hall–Kier alpha value is -2.23. The van der Waals surface area contributed by atoms with Gasteiger partial charge in [0.2, 0.25) is 5.88 Å². The summed E-state index contributed by atoms with van der Waals surface area (Å²) in [4.78, 5) is 3.41. The van der Waals surface area contributed by atoms with E-state index < -0.39 is 23.1 Å². The van der Waals surface area contributed by atoms with Crippen LogP contribution in [0.15, 0.2) is 35.5 Å². The number of aromatic nitrogens is 3. The maximum atomic E-state index is 12.6. The van der Waals surface area contributed by atoms with E-state index in [9.17, 15) is 17.2 Å². The van der Waals surface area contributed by atoms with Gasteiger partial charge in [-0.15, -0.1) is 0 Å². The van der Waals surface area contributed by atoms with E-state index in [-0.39, 0.29) is 16.6 Å². The summed E-state index contributed by atoms with van der Waals surface area (Å²) in [5.74, 6) is -0.184. The Morgan fingerprint density at radius 2 is 2.14 bits per heavy atom. The first-order chi connectivity index (χ1) is 10.3. The van der Waals surface area contributed by atoms with Crippen LogP contribution in [0.3, 0.4) is 0 Å². The molecule has 2 rings (SSSR count). The van der Waals surface area contributed by atoms with Crippen molar-refractivity contribution in [1.29, 1.82) is 0 Å². The highest BCUT2D eigenvalue weighted by molar-refractivity contribution is 7.92. The number of pyridine rings is 1. The maximum Gasteiger partial charge on any atom is 0.272 e. The summed E-state index contributed by atoms with van der Waals surface area (Å²) in [5.41, 5.74) is 0. The largest absolute Gasteiger partial charge is 0.471 e. The quantitative estimate of drug-likeness (QED) is 0.796. The summed E-state index contributed by atoms with van der Waals surface area (Å²) in [5, 5.41) is 3.99. The van der Waals surface area contributed by atoms with Crippen molar-refractivity contribution in [3.63, 3.8) is 0 Å². The zero-order valence-electron chi connectivity index (χ0n) is 11.8. The Kier molecular flexibility index (Phi) is 4.59. The lowest BCUT2D eigenvalue weighted by molar-refractivity contribution is 0.0779. The molecular formula is C12H14F2N4O3S. The van der Waals surface area contributed by atoms with Crippen LogP contribution in [0.25, 0.3) is 0 Å². The zero-order valence-corrected chi connectivity index (χ0v) is 12.7. The number of nitrogens with zero attached hydrogens (tertiary/aromatic N) is 4. The van der Waals surface area contributed by atoms with Crippen LogP contribution in [0.2, 0.25) is 0 Å². The lowest BCUT2D eigenvalue weighted by Crippen LogP contribution is -2.28. The third kappa shape index (κ3) is 3.32. The summed E-state index contributed by atoms with van der Waals surface area (Å²) >= 11 is 0. The van der Waals surface area contributed by atoms with Gasteiger partial charge in [-0.3, -0.25) is 8.99 Å². The molecule has 0 aromatic carbocycles. The van der Waals surface area contributed by atoms with E-state index in [0.29, 0.717) is 0 Å². The lowest BCUT2D eigenvalue weighted by Gasteiger charge is -2.18. The molecule has 2 aromatic rings. The summed E-state index contributed by atoms with van der Waals surface area (Å²) in [7, 11) is -1.08. The second kappa shape index (κ2) is 6.26. The molecule has 0 bridgehead atoms. The lowest BCUT2D eigenvalue weighted by atomic mass is 10.5. The van der Waals surface area contributed by atoms with Crippen LogP contribution in [0.4, 0.5) is 14.6 Å². The van der Waals surface area contributed by atoms with Crippen LogP contribution in [0.5, 0.6) is 5.88 Å². The number of anilines is 1. The topological polar surface area (TPSA) is 77.3 Å². The monoisotopic (exact) mass is 332 g/mol. The fourth-order valence-corrected chi connectivity index (χ4v) is 2.89. The molecule has 0 spiro atoms. The number of halogens is 2. The van der Waals surface area contributed by atoms with Crippen molar-refractivity contribution in [2.45, 2.75) is 11.3 Å². The van der Waals surface area contributed by atoms with Crippen molar-refractivity contribution in [2.75, 3.05) is 18.0 Å². The Balaban J connectivity index is 2.37. The van der Waals surface area contributed by atoms with E-state index in [4.69, 9.17) is 4.74 Å². The molecule has 0 amide bonds. The molecule has 2 heterocycles. The summed E-state index contributed by atoms with van der Waals surface area (Å²) in [6.45, 7) is -0.938. The Morgan fingerprint density at radius 1 is 1.41 bits per heavy atom. The molecule has 2 aromatic heterocycles. The molecule has 0 aliphatic carbocycles. The zero-order chi connectivity index (χ0) is 16.3. The molecule has 0 fully saturated rings. The minimum atomic E-state index is -4.03. The maximum absolute atomic E-state index is 12.6. The van der Waals surface area contributed by atoms with Gasteiger partial charge in [0.25, 0.3) is 16.4 Å². The fraction of sp³-hybridized carbons (Fsp3) is 0.333. The van der Waals surface area contributed by atoms with E-state index in [1.165, 1.54) is 36.1 Å². The number of ether oxygens (including phenoxy) is 1. The highest BCUT2D eigenvalue weighted by Crippen LogP contribution is 2.26. The predicted molar refractivity (Wildman–Crippen MR) is 74.5 cm³/mol. The number of aryl methyl sites for hydroxylation is 1. The highest BCUT2D eigenvalue weighted by atomic mass is 32.2. The summed E-state index contributed by atoms with van der Waals surface area (Å²) in [6, 6.07) is 4.13.